The van der Waals surface area contributed by atoms with Crippen LogP contribution in [0.25, 0.3) is 0 Å². The summed E-state index contributed by atoms with van der Waals surface area (Å²) in [5.74, 6) is 0.218. The number of carbonyl (C=O) groups excluding carboxylic acids is 2. The molecule has 1 aliphatic carbocycles. The van der Waals surface area contributed by atoms with Gasteiger partial charge < -0.3 is 10.2 Å². The fraction of sp³-hybridized carbons (Fsp3) is 0.265. The van der Waals surface area contributed by atoms with Crippen LogP contribution in [0.15, 0.2) is 89.9 Å². The summed E-state index contributed by atoms with van der Waals surface area (Å²) in [7, 11) is 0. The average molecular weight is 548 g/mol. The number of benzene rings is 3. The van der Waals surface area contributed by atoms with Gasteiger partial charge in [-0.1, -0.05) is 87.5 Å². The Morgan fingerprint density at radius 3 is 2.38 bits per heavy atom. The lowest BCUT2D eigenvalue weighted by molar-refractivity contribution is -0.112. The summed E-state index contributed by atoms with van der Waals surface area (Å²) in [5.41, 5.74) is 5.70. The molecule has 0 saturated carbocycles. The maximum Gasteiger partial charge on any atom is 0.277 e. The number of hydrogen-bond acceptors (Lipinski definition) is 4. The molecule has 1 N–H and O–H groups in total. The van der Waals surface area contributed by atoms with E-state index in [0.717, 1.165) is 47.3 Å². The second-order valence-electron chi connectivity index (χ2n) is 11.7. The topological polar surface area (TPSA) is 61.8 Å². The lowest BCUT2D eigenvalue weighted by Crippen LogP contribution is -2.29. The van der Waals surface area contributed by atoms with Crippen molar-refractivity contribution in [1.29, 1.82) is 0 Å². The summed E-state index contributed by atoms with van der Waals surface area (Å²) >= 11 is 1.57. The van der Waals surface area contributed by atoms with Gasteiger partial charge in [-0.05, 0) is 59.9 Å². The van der Waals surface area contributed by atoms with E-state index in [0.29, 0.717) is 28.7 Å². The van der Waals surface area contributed by atoms with E-state index in [-0.39, 0.29) is 17.2 Å². The van der Waals surface area contributed by atoms with Crippen molar-refractivity contribution in [2.24, 2.45) is 16.3 Å². The van der Waals surface area contributed by atoms with Crippen LogP contribution in [0.4, 0.5) is 16.4 Å². The third-order valence-corrected chi connectivity index (χ3v) is 9.17. The Kier molecular flexibility index (Phi) is 6.88. The van der Waals surface area contributed by atoms with Crippen LogP contribution in [-0.2, 0) is 24.2 Å². The highest BCUT2D eigenvalue weighted by molar-refractivity contribution is 7.16. The van der Waals surface area contributed by atoms with Crippen molar-refractivity contribution < 1.29 is 9.59 Å². The Balaban J connectivity index is 1.43. The second-order valence-corrected chi connectivity index (χ2v) is 12.7. The van der Waals surface area contributed by atoms with E-state index in [9.17, 15) is 9.59 Å². The number of anilines is 2. The largest absolute Gasteiger partial charge is 0.322 e. The van der Waals surface area contributed by atoms with Crippen LogP contribution in [0.5, 0.6) is 0 Å². The van der Waals surface area contributed by atoms with Gasteiger partial charge in [0.25, 0.3) is 11.8 Å². The third-order valence-electron chi connectivity index (χ3n) is 8.02. The van der Waals surface area contributed by atoms with E-state index < -0.39 is 0 Å². The summed E-state index contributed by atoms with van der Waals surface area (Å²) in [6, 6.07) is 27.3. The number of thiophene rings is 1. The number of nitrogens with one attached hydrogen (secondary N) is 1. The number of hydrogen-bond donors (Lipinski definition) is 1. The van der Waals surface area contributed by atoms with Gasteiger partial charge in [-0.15, -0.1) is 11.3 Å². The third kappa shape index (κ3) is 5.00. The van der Waals surface area contributed by atoms with E-state index in [4.69, 9.17) is 4.99 Å². The van der Waals surface area contributed by atoms with Gasteiger partial charge in [0, 0.05) is 16.1 Å². The standard InChI is InChI=1S/C34H33N3O2S/c1-34(2,3)23-18-19-26-28(20-23)40-32(29(26)31(38)35-24-14-8-5-9-15-24)36-30-25-16-10-11-17-27(25)37(33(30)39)21-22-12-6-4-7-13-22/h4-17,23H,18-21H2,1-3H3,(H,35,38). The zero-order valence-corrected chi connectivity index (χ0v) is 23.9. The van der Waals surface area contributed by atoms with Gasteiger partial charge >= 0.3 is 0 Å². The van der Waals surface area contributed by atoms with Crippen molar-refractivity contribution in [3.63, 3.8) is 0 Å². The minimum atomic E-state index is -0.169. The van der Waals surface area contributed by atoms with Crippen molar-refractivity contribution in [3.8, 4) is 0 Å². The SMILES string of the molecule is CC(C)(C)C1CCc2c(sc(N=C3C(=O)N(Cc4ccccc4)c4ccccc43)c2C(=O)Nc2ccccc2)C1. The lowest BCUT2D eigenvalue weighted by atomic mass is 9.72. The van der Waals surface area contributed by atoms with E-state index in [1.165, 1.54) is 4.88 Å². The molecule has 0 bridgehead atoms. The van der Waals surface area contributed by atoms with E-state index in [1.54, 1.807) is 16.2 Å². The zero-order chi connectivity index (χ0) is 27.9. The monoisotopic (exact) mass is 547 g/mol. The maximum atomic E-state index is 13.9. The van der Waals surface area contributed by atoms with Crippen LogP contribution in [0.2, 0.25) is 0 Å². The molecule has 2 aliphatic rings. The van der Waals surface area contributed by atoms with Crippen molar-refractivity contribution >= 4 is 45.2 Å². The van der Waals surface area contributed by atoms with Crippen LogP contribution < -0.4 is 10.2 Å². The molecular weight excluding hydrogens is 514 g/mol. The Hall–Kier alpha value is -4.03. The van der Waals surface area contributed by atoms with Gasteiger partial charge in [-0.25, -0.2) is 4.99 Å². The molecule has 0 saturated heterocycles. The Labute approximate surface area is 239 Å². The van der Waals surface area contributed by atoms with Crippen LogP contribution in [-0.4, -0.2) is 17.5 Å². The molecule has 1 aromatic heterocycles. The molecule has 6 heteroatoms. The second kappa shape index (κ2) is 10.5. The van der Waals surface area contributed by atoms with Gasteiger partial charge in [0.05, 0.1) is 17.8 Å². The Bertz CT molecular complexity index is 1600. The van der Waals surface area contributed by atoms with E-state index in [2.05, 4.69) is 26.1 Å². The Morgan fingerprint density at radius 2 is 1.65 bits per heavy atom. The van der Waals surface area contributed by atoms with Crippen LogP contribution in [0.3, 0.4) is 0 Å². The van der Waals surface area contributed by atoms with Gasteiger partial charge in [-0.2, -0.15) is 0 Å². The highest BCUT2D eigenvalue weighted by atomic mass is 32.1. The number of aliphatic imine (C=N–C) groups is 1. The Morgan fingerprint density at radius 1 is 0.975 bits per heavy atom. The molecule has 0 spiro atoms. The summed E-state index contributed by atoms with van der Waals surface area (Å²) in [6.07, 6.45) is 2.78. The van der Waals surface area contributed by atoms with E-state index in [1.807, 2.05) is 84.9 Å². The fourth-order valence-corrected chi connectivity index (χ4v) is 7.03. The molecule has 1 unspecified atom stereocenters. The molecule has 202 valence electrons. The molecule has 0 fully saturated rings. The number of para-hydroxylation sites is 2. The van der Waals surface area contributed by atoms with Gasteiger partial charge in [0.2, 0.25) is 0 Å². The molecule has 2 heterocycles. The number of amides is 2. The van der Waals surface area contributed by atoms with Gasteiger partial charge in [0.1, 0.15) is 10.7 Å². The normalized spacial score (nSPS) is 17.6. The zero-order valence-electron chi connectivity index (χ0n) is 23.1. The first-order valence-electron chi connectivity index (χ1n) is 13.8. The maximum absolute atomic E-state index is 13.9. The van der Waals surface area contributed by atoms with Crippen LogP contribution in [0.1, 0.15) is 59.1 Å². The molecule has 40 heavy (non-hydrogen) atoms. The number of nitrogens with zero attached hydrogens (tertiary/aromatic N) is 2. The highest BCUT2D eigenvalue weighted by Crippen LogP contribution is 2.46. The minimum Gasteiger partial charge on any atom is -0.322 e. The molecular formula is C34H33N3O2S. The van der Waals surface area contributed by atoms with E-state index >= 15 is 0 Å². The number of rotatable bonds is 5. The van der Waals surface area contributed by atoms with Gasteiger partial charge in [-0.3, -0.25) is 9.59 Å². The number of fused-ring (bicyclic) bond motifs is 2. The fourth-order valence-electron chi connectivity index (χ4n) is 5.73. The number of carbonyl (C=O) groups is 2. The molecule has 1 aliphatic heterocycles. The van der Waals surface area contributed by atoms with Gasteiger partial charge in [0.15, 0.2) is 0 Å². The first-order valence-corrected chi connectivity index (χ1v) is 14.7. The predicted molar refractivity (Wildman–Crippen MR) is 164 cm³/mol. The van der Waals surface area contributed by atoms with Crippen molar-refractivity contribution in [3.05, 3.63) is 112 Å². The molecule has 6 rings (SSSR count). The first kappa shape index (κ1) is 26.2. The molecule has 4 aromatic rings. The van der Waals surface area contributed by atoms with Crippen LogP contribution in [0, 0.1) is 11.3 Å². The molecule has 0 radical (unpaired) electrons. The highest BCUT2D eigenvalue weighted by Gasteiger charge is 2.37. The van der Waals surface area contributed by atoms with Crippen molar-refractivity contribution in [1.82, 2.24) is 0 Å². The quantitative estimate of drug-likeness (QED) is 0.277. The molecule has 5 nitrogen and oxygen atoms in total. The molecule has 1 atom stereocenters. The summed E-state index contributed by atoms with van der Waals surface area (Å²) in [4.78, 5) is 35.7. The summed E-state index contributed by atoms with van der Waals surface area (Å²) in [5, 5.41) is 3.69. The van der Waals surface area contributed by atoms with Crippen LogP contribution >= 0.6 is 11.3 Å². The summed E-state index contributed by atoms with van der Waals surface area (Å²) in [6.45, 7) is 7.33. The van der Waals surface area contributed by atoms with Crippen molar-refractivity contribution in [2.45, 2.75) is 46.6 Å². The molecule has 3 aromatic carbocycles. The smallest absolute Gasteiger partial charge is 0.277 e. The molecule has 2 amide bonds. The average Bonchev–Trinajstić information content (AvgIpc) is 3.44. The summed E-state index contributed by atoms with van der Waals surface area (Å²) < 4.78 is 0. The van der Waals surface area contributed by atoms with Crippen molar-refractivity contribution in [2.75, 3.05) is 10.2 Å². The minimum absolute atomic E-state index is 0.140. The predicted octanol–water partition coefficient (Wildman–Crippen LogP) is 7.82. The lowest BCUT2D eigenvalue weighted by Gasteiger charge is -2.33. The first-order chi connectivity index (χ1) is 19.3.